The standard InChI is InChI=1S/2C9H16.4C3H8/c2*1-6-3-8-5-9(4-6)7(8)2;4*1-3-2/h2*6-9H,3-5H2,1-2H3;4*3H2,1-2H3. The minimum absolute atomic E-state index is 1.05. The monoisotopic (exact) mass is 425 g/mol. The van der Waals surface area contributed by atoms with Gasteiger partial charge in [0, 0.05) is 0 Å². The number of fused-ring (bicyclic) bond motifs is 4. The van der Waals surface area contributed by atoms with Gasteiger partial charge in [-0.25, -0.2) is 0 Å². The van der Waals surface area contributed by atoms with E-state index in [4.69, 9.17) is 0 Å². The summed E-state index contributed by atoms with van der Waals surface area (Å²) in [5.74, 6) is 8.76. The molecule has 30 heavy (non-hydrogen) atoms. The van der Waals surface area contributed by atoms with Crippen LogP contribution in [0.3, 0.4) is 0 Å². The van der Waals surface area contributed by atoms with Crippen LogP contribution in [-0.2, 0) is 0 Å². The molecule has 0 heteroatoms. The first-order chi connectivity index (χ1) is 14.2. The van der Waals surface area contributed by atoms with Crippen molar-refractivity contribution in [2.24, 2.45) is 47.3 Å². The van der Waals surface area contributed by atoms with E-state index in [2.05, 4.69) is 83.1 Å². The molecule has 6 aliphatic carbocycles. The van der Waals surface area contributed by atoms with Crippen LogP contribution in [0.15, 0.2) is 0 Å². The van der Waals surface area contributed by atoms with E-state index in [9.17, 15) is 0 Å². The first-order valence-electron chi connectivity index (χ1n) is 14.2. The van der Waals surface area contributed by atoms with E-state index in [-0.39, 0.29) is 0 Å². The highest BCUT2D eigenvalue weighted by Gasteiger charge is 2.43. The molecule has 0 aromatic carbocycles. The summed E-state index contributed by atoms with van der Waals surface area (Å²) in [6.45, 7) is 26.7. The van der Waals surface area contributed by atoms with Gasteiger partial charge in [0.15, 0.2) is 0 Å². The van der Waals surface area contributed by atoms with Crippen LogP contribution in [0, 0.1) is 47.3 Å². The normalized spacial score (nSPS) is 36.4. The zero-order valence-electron chi connectivity index (χ0n) is 23.7. The van der Waals surface area contributed by atoms with Gasteiger partial charge in [-0.3, -0.25) is 0 Å². The van der Waals surface area contributed by atoms with E-state index in [0.29, 0.717) is 0 Å². The van der Waals surface area contributed by atoms with Crippen molar-refractivity contribution in [2.45, 2.75) is 147 Å². The Kier molecular flexibility index (Phi) is 21.1. The molecule has 6 fully saturated rings. The summed E-state index contributed by atoms with van der Waals surface area (Å²) in [6, 6.07) is 0. The third-order valence-electron chi connectivity index (χ3n) is 7.01. The first kappa shape index (κ1) is 32.2. The maximum atomic E-state index is 2.44. The highest BCUT2D eigenvalue weighted by Crippen LogP contribution is 2.52. The molecule has 0 amide bonds. The van der Waals surface area contributed by atoms with Crippen molar-refractivity contribution in [1.29, 1.82) is 0 Å². The largest absolute Gasteiger partial charge is 0.0656 e. The second-order valence-electron chi connectivity index (χ2n) is 11.2. The van der Waals surface area contributed by atoms with E-state index in [1.165, 1.54) is 51.4 Å². The van der Waals surface area contributed by atoms with E-state index >= 15 is 0 Å². The summed E-state index contributed by atoms with van der Waals surface area (Å²) in [7, 11) is 0. The molecule has 0 heterocycles. The van der Waals surface area contributed by atoms with Crippen molar-refractivity contribution in [3.63, 3.8) is 0 Å². The Morgan fingerprint density at radius 2 is 0.533 bits per heavy atom. The molecule has 0 spiro atoms. The Morgan fingerprint density at radius 3 is 0.633 bits per heavy atom. The molecule has 6 rings (SSSR count). The summed E-state index contributed by atoms with van der Waals surface area (Å²) in [6.07, 6.45) is 14.2. The molecule has 0 aromatic heterocycles. The molecule has 6 aliphatic rings. The highest BCUT2D eigenvalue weighted by molar-refractivity contribution is 4.93. The molecule has 0 aromatic rings. The fourth-order valence-electron chi connectivity index (χ4n) is 5.52. The molecule has 0 nitrogen and oxygen atoms in total. The number of hydrogen-bond donors (Lipinski definition) is 0. The van der Waals surface area contributed by atoms with Gasteiger partial charge in [0.05, 0.1) is 0 Å². The van der Waals surface area contributed by atoms with Crippen LogP contribution in [0.1, 0.15) is 147 Å². The van der Waals surface area contributed by atoms with Crippen LogP contribution >= 0.6 is 0 Å². The van der Waals surface area contributed by atoms with Gasteiger partial charge in [-0.1, -0.05) is 109 Å². The molecule has 0 saturated heterocycles. The molecule has 0 N–H and O–H groups in total. The molecular formula is C30H64. The van der Waals surface area contributed by atoms with Crippen molar-refractivity contribution < 1.29 is 0 Å². The van der Waals surface area contributed by atoms with Crippen molar-refractivity contribution >= 4 is 0 Å². The summed E-state index contributed by atoms with van der Waals surface area (Å²) >= 11 is 0. The van der Waals surface area contributed by atoms with Gasteiger partial charge < -0.3 is 0 Å². The maximum absolute atomic E-state index is 2.44. The minimum atomic E-state index is 1.05. The summed E-state index contributed by atoms with van der Waals surface area (Å²) in [4.78, 5) is 0. The van der Waals surface area contributed by atoms with Crippen molar-refractivity contribution in [1.82, 2.24) is 0 Å². The second kappa shape index (κ2) is 19.7. The van der Waals surface area contributed by atoms with Gasteiger partial charge in [-0.15, -0.1) is 0 Å². The molecule has 4 bridgehead atoms. The minimum Gasteiger partial charge on any atom is -0.0656 e. The lowest BCUT2D eigenvalue weighted by Gasteiger charge is -2.50. The first-order valence-corrected chi connectivity index (χ1v) is 14.2. The average molecular weight is 425 g/mol. The Bertz CT molecular complexity index is 284. The van der Waals surface area contributed by atoms with E-state index < -0.39 is 0 Å². The average Bonchev–Trinajstić information content (AvgIpc) is 2.70. The van der Waals surface area contributed by atoms with Crippen LogP contribution in [0.5, 0.6) is 0 Å². The van der Waals surface area contributed by atoms with E-state index in [0.717, 1.165) is 47.3 Å². The van der Waals surface area contributed by atoms with Gasteiger partial charge in [0.2, 0.25) is 0 Å². The lowest BCUT2D eigenvalue weighted by atomic mass is 9.55. The van der Waals surface area contributed by atoms with E-state index in [1.54, 1.807) is 12.8 Å². The van der Waals surface area contributed by atoms with Gasteiger partial charge in [-0.05, 0) is 85.9 Å². The predicted octanol–water partition coefficient (Wildman–Crippen LogP) is 11.0. The zero-order valence-corrected chi connectivity index (χ0v) is 23.7. The molecule has 0 aliphatic heterocycles. The van der Waals surface area contributed by atoms with Gasteiger partial charge in [0.25, 0.3) is 0 Å². The summed E-state index contributed by atoms with van der Waals surface area (Å²) in [5.41, 5.74) is 0. The molecule has 0 radical (unpaired) electrons. The topological polar surface area (TPSA) is 0 Å². The predicted molar refractivity (Wildman–Crippen MR) is 142 cm³/mol. The van der Waals surface area contributed by atoms with Crippen molar-refractivity contribution in [3.8, 4) is 0 Å². The Labute approximate surface area is 194 Å². The Hall–Kier alpha value is 0. The third kappa shape index (κ3) is 12.8. The molecule has 4 unspecified atom stereocenters. The third-order valence-corrected chi connectivity index (χ3v) is 7.01. The van der Waals surface area contributed by atoms with Crippen LogP contribution in [0.2, 0.25) is 0 Å². The fraction of sp³-hybridized carbons (Fsp3) is 1.00. The molecule has 184 valence electrons. The van der Waals surface area contributed by atoms with Crippen LogP contribution in [0.4, 0.5) is 0 Å². The molecule has 4 atom stereocenters. The van der Waals surface area contributed by atoms with Crippen molar-refractivity contribution in [3.05, 3.63) is 0 Å². The van der Waals surface area contributed by atoms with Gasteiger partial charge in [0.1, 0.15) is 0 Å². The highest BCUT2D eigenvalue weighted by atomic mass is 14.5. The molecule has 6 saturated carbocycles. The second-order valence-corrected chi connectivity index (χ2v) is 11.2. The number of hydrogen-bond acceptors (Lipinski definition) is 0. The maximum Gasteiger partial charge on any atom is -0.0381 e. The quantitative estimate of drug-likeness (QED) is 0.362. The summed E-state index contributed by atoms with van der Waals surface area (Å²) in [5, 5.41) is 0. The van der Waals surface area contributed by atoms with Crippen LogP contribution in [-0.4, -0.2) is 0 Å². The smallest absolute Gasteiger partial charge is 0.0381 e. The zero-order chi connectivity index (χ0) is 23.7. The Balaban J connectivity index is 0. The van der Waals surface area contributed by atoms with Gasteiger partial charge >= 0.3 is 0 Å². The Morgan fingerprint density at radius 1 is 0.367 bits per heavy atom. The van der Waals surface area contributed by atoms with Gasteiger partial charge in [-0.2, -0.15) is 0 Å². The fourth-order valence-corrected chi connectivity index (χ4v) is 5.52. The number of rotatable bonds is 0. The SMILES string of the molecule is CC1CC2CC(C1)C2C.CC1CC2CC(C1)C2C.CCC.CCC.CCC.CCC. The summed E-state index contributed by atoms with van der Waals surface area (Å²) < 4.78 is 0. The van der Waals surface area contributed by atoms with E-state index in [1.807, 2.05) is 0 Å². The van der Waals surface area contributed by atoms with Crippen LogP contribution in [0.25, 0.3) is 0 Å². The molecular weight excluding hydrogens is 360 g/mol. The van der Waals surface area contributed by atoms with Crippen molar-refractivity contribution in [2.75, 3.05) is 0 Å². The van der Waals surface area contributed by atoms with Crippen LogP contribution < -0.4 is 0 Å². The lowest BCUT2D eigenvalue weighted by Crippen LogP contribution is -2.41. The lowest BCUT2D eigenvalue weighted by molar-refractivity contribution is -0.00156.